The molecule has 2 fully saturated rings. The van der Waals surface area contributed by atoms with Crippen LogP contribution in [-0.4, -0.2) is 54.3 Å². The summed E-state index contributed by atoms with van der Waals surface area (Å²) in [6.07, 6.45) is 5.37. The third-order valence-corrected chi connectivity index (χ3v) is 7.00. The number of aromatic amines is 1. The standard InChI is InChI=1S/C17H23N3O3S/c21-24(22,19-10-1-2-11-19)20-12-7-14(8-13-20)23-17-5-3-4-16-15(17)6-9-18-16/h3-6,9,14,18H,1-2,7-8,10-13H2. The highest BCUT2D eigenvalue weighted by Gasteiger charge is 2.34. The predicted molar refractivity (Wildman–Crippen MR) is 93.2 cm³/mol. The van der Waals surface area contributed by atoms with Gasteiger partial charge in [-0.25, -0.2) is 0 Å². The van der Waals surface area contributed by atoms with Crippen LogP contribution >= 0.6 is 0 Å². The van der Waals surface area contributed by atoms with E-state index in [1.54, 1.807) is 8.61 Å². The fourth-order valence-electron chi connectivity index (χ4n) is 3.60. The molecule has 2 aromatic rings. The minimum Gasteiger partial charge on any atom is -0.490 e. The molecule has 6 nitrogen and oxygen atoms in total. The van der Waals surface area contributed by atoms with Crippen molar-refractivity contribution in [2.45, 2.75) is 31.8 Å². The molecule has 0 amide bonds. The first-order valence-corrected chi connectivity index (χ1v) is 10.0. The Balaban J connectivity index is 1.40. The largest absolute Gasteiger partial charge is 0.490 e. The Morgan fingerprint density at radius 3 is 2.46 bits per heavy atom. The minimum absolute atomic E-state index is 0.0653. The van der Waals surface area contributed by atoms with Crippen LogP contribution in [0.25, 0.3) is 10.9 Å². The number of nitrogens with zero attached hydrogens (tertiary/aromatic N) is 2. The van der Waals surface area contributed by atoms with Crippen molar-refractivity contribution in [3.63, 3.8) is 0 Å². The smallest absolute Gasteiger partial charge is 0.281 e. The summed E-state index contributed by atoms with van der Waals surface area (Å²) in [5.74, 6) is 0.870. The molecule has 130 valence electrons. The number of nitrogens with one attached hydrogen (secondary N) is 1. The molecule has 1 aromatic heterocycles. The van der Waals surface area contributed by atoms with Gasteiger partial charge < -0.3 is 9.72 Å². The zero-order valence-corrected chi connectivity index (χ0v) is 14.5. The normalized spacial score (nSPS) is 21.5. The number of H-pyrrole nitrogens is 1. The van der Waals surface area contributed by atoms with Crippen LogP contribution in [0.1, 0.15) is 25.7 Å². The van der Waals surface area contributed by atoms with Crippen molar-refractivity contribution in [3.8, 4) is 5.75 Å². The van der Waals surface area contributed by atoms with E-state index in [9.17, 15) is 8.42 Å². The van der Waals surface area contributed by atoms with Crippen molar-refractivity contribution in [1.29, 1.82) is 0 Å². The van der Waals surface area contributed by atoms with Gasteiger partial charge in [-0.05, 0) is 43.9 Å². The van der Waals surface area contributed by atoms with Crippen LogP contribution in [0.3, 0.4) is 0 Å². The third kappa shape index (κ3) is 2.92. The van der Waals surface area contributed by atoms with E-state index in [1.165, 1.54) is 0 Å². The Labute approximate surface area is 142 Å². The van der Waals surface area contributed by atoms with Crippen LogP contribution in [0, 0.1) is 0 Å². The van der Waals surface area contributed by atoms with Gasteiger partial charge in [0.15, 0.2) is 0 Å². The summed E-state index contributed by atoms with van der Waals surface area (Å²) in [7, 11) is -3.28. The molecule has 4 rings (SSSR count). The van der Waals surface area contributed by atoms with E-state index in [0.29, 0.717) is 26.2 Å². The predicted octanol–water partition coefficient (Wildman–Crippen LogP) is 2.35. The van der Waals surface area contributed by atoms with Crippen LogP contribution in [0.5, 0.6) is 5.75 Å². The van der Waals surface area contributed by atoms with Gasteiger partial charge in [0.1, 0.15) is 11.9 Å². The summed E-state index contributed by atoms with van der Waals surface area (Å²) in [6, 6.07) is 7.98. The summed E-state index contributed by atoms with van der Waals surface area (Å²) < 4.78 is 34.6. The number of rotatable bonds is 4. The summed E-state index contributed by atoms with van der Waals surface area (Å²) >= 11 is 0. The van der Waals surface area contributed by atoms with E-state index in [2.05, 4.69) is 4.98 Å². The fraction of sp³-hybridized carbons (Fsp3) is 0.529. The molecule has 0 bridgehead atoms. The van der Waals surface area contributed by atoms with E-state index in [0.717, 1.165) is 42.3 Å². The molecule has 7 heteroatoms. The maximum atomic E-state index is 12.6. The Hall–Kier alpha value is -1.57. The molecule has 0 atom stereocenters. The quantitative estimate of drug-likeness (QED) is 0.921. The van der Waals surface area contributed by atoms with Crippen molar-refractivity contribution >= 4 is 21.1 Å². The molecule has 0 aliphatic carbocycles. The average molecular weight is 349 g/mol. The Kier molecular flexibility index (Phi) is 4.24. The van der Waals surface area contributed by atoms with Crippen LogP contribution in [0.4, 0.5) is 0 Å². The highest BCUT2D eigenvalue weighted by atomic mass is 32.2. The lowest BCUT2D eigenvalue weighted by molar-refractivity contribution is 0.134. The molecule has 3 heterocycles. The Morgan fingerprint density at radius 2 is 1.71 bits per heavy atom. The molecule has 24 heavy (non-hydrogen) atoms. The highest BCUT2D eigenvalue weighted by molar-refractivity contribution is 7.86. The monoisotopic (exact) mass is 349 g/mol. The lowest BCUT2D eigenvalue weighted by atomic mass is 10.1. The molecule has 0 spiro atoms. The topological polar surface area (TPSA) is 65.6 Å². The lowest BCUT2D eigenvalue weighted by Gasteiger charge is -2.33. The molecule has 2 aliphatic rings. The maximum absolute atomic E-state index is 12.6. The van der Waals surface area contributed by atoms with Gasteiger partial charge in [0.05, 0.1) is 0 Å². The molecule has 0 unspecified atom stereocenters. The van der Waals surface area contributed by atoms with Crippen LogP contribution < -0.4 is 4.74 Å². The Morgan fingerprint density at radius 1 is 1.00 bits per heavy atom. The van der Waals surface area contributed by atoms with Gasteiger partial charge in [-0.1, -0.05) is 6.07 Å². The number of fused-ring (bicyclic) bond motifs is 1. The van der Waals surface area contributed by atoms with Crippen molar-refractivity contribution < 1.29 is 13.2 Å². The van der Waals surface area contributed by atoms with Crippen molar-refractivity contribution in [2.24, 2.45) is 0 Å². The lowest BCUT2D eigenvalue weighted by Crippen LogP contribution is -2.47. The number of aromatic nitrogens is 1. The second-order valence-electron chi connectivity index (χ2n) is 6.53. The second-order valence-corrected chi connectivity index (χ2v) is 8.45. The maximum Gasteiger partial charge on any atom is 0.281 e. The molecule has 1 aromatic carbocycles. The zero-order chi connectivity index (χ0) is 16.6. The van der Waals surface area contributed by atoms with E-state index in [4.69, 9.17) is 4.74 Å². The zero-order valence-electron chi connectivity index (χ0n) is 13.6. The van der Waals surface area contributed by atoms with Gasteiger partial charge in [0.2, 0.25) is 0 Å². The number of benzene rings is 1. The van der Waals surface area contributed by atoms with Crippen molar-refractivity contribution in [3.05, 3.63) is 30.5 Å². The van der Waals surface area contributed by atoms with Gasteiger partial charge in [-0.15, -0.1) is 0 Å². The van der Waals surface area contributed by atoms with Gasteiger partial charge in [-0.2, -0.15) is 17.0 Å². The third-order valence-electron chi connectivity index (χ3n) is 4.97. The van der Waals surface area contributed by atoms with E-state index < -0.39 is 10.2 Å². The molecular weight excluding hydrogens is 326 g/mol. The van der Waals surface area contributed by atoms with Crippen LogP contribution in [0.15, 0.2) is 30.5 Å². The Bertz CT molecular complexity index is 803. The van der Waals surface area contributed by atoms with Crippen LogP contribution in [0.2, 0.25) is 0 Å². The van der Waals surface area contributed by atoms with Gasteiger partial charge in [0.25, 0.3) is 10.2 Å². The molecular formula is C17H23N3O3S. The van der Waals surface area contributed by atoms with E-state index in [1.807, 2.05) is 30.5 Å². The molecule has 1 N–H and O–H groups in total. The molecule has 0 radical (unpaired) electrons. The van der Waals surface area contributed by atoms with Crippen molar-refractivity contribution in [2.75, 3.05) is 26.2 Å². The average Bonchev–Trinajstić information content (AvgIpc) is 3.28. The van der Waals surface area contributed by atoms with Gasteiger partial charge in [0, 0.05) is 43.3 Å². The molecule has 0 saturated carbocycles. The number of ether oxygens (including phenoxy) is 1. The number of hydrogen-bond acceptors (Lipinski definition) is 3. The highest BCUT2D eigenvalue weighted by Crippen LogP contribution is 2.28. The minimum atomic E-state index is -3.28. The first-order chi connectivity index (χ1) is 11.6. The van der Waals surface area contributed by atoms with Gasteiger partial charge in [-0.3, -0.25) is 0 Å². The van der Waals surface area contributed by atoms with Crippen LogP contribution in [-0.2, 0) is 10.2 Å². The summed E-state index contributed by atoms with van der Waals surface area (Å²) in [6.45, 7) is 2.39. The summed E-state index contributed by atoms with van der Waals surface area (Å²) in [5.41, 5.74) is 1.06. The second kappa shape index (κ2) is 6.38. The summed E-state index contributed by atoms with van der Waals surface area (Å²) in [5, 5.41) is 1.07. The SMILES string of the molecule is O=S(=O)(N1CCCC1)N1CCC(Oc2cccc3[nH]ccc23)CC1. The summed E-state index contributed by atoms with van der Waals surface area (Å²) in [4.78, 5) is 3.18. The number of piperidine rings is 1. The van der Waals surface area contributed by atoms with Crippen molar-refractivity contribution in [1.82, 2.24) is 13.6 Å². The molecule has 2 aliphatic heterocycles. The molecule has 2 saturated heterocycles. The van der Waals surface area contributed by atoms with Gasteiger partial charge >= 0.3 is 0 Å². The van der Waals surface area contributed by atoms with E-state index >= 15 is 0 Å². The fourth-order valence-corrected chi connectivity index (χ4v) is 5.32. The first kappa shape index (κ1) is 15.9. The first-order valence-electron chi connectivity index (χ1n) is 8.62. The van der Waals surface area contributed by atoms with E-state index in [-0.39, 0.29) is 6.10 Å². The number of hydrogen-bond donors (Lipinski definition) is 1.